The van der Waals surface area contributed by atoms with E-state index >= 15 is 0 Å². The number of hydrogen-bond acceptors (Lipinski definition) is 4. The van der Waals surface area contributed by atoms with Crippen LogP contribution in [0, 0.1) is 5.92 Å². The second-order valence-electron chi connectivity index (χ2n) is 4.13. The van der Waals surface area contributed by atoms with Crippen molar-refractivity contribution in [2.75, 3.05) is 6.61 Å². The van der Waals surface area contributed by atoms with E-state index < -0.39 is 10.1 Å². The standard InChI is InChI=1S/C11H16ClNO3S/c1-9(2)4-3-7-16-17(14,15)10-5-6-11(12)13-8-10/h5-6,8-9H,3-4,7H2,1-2H3. The minimum absolute atomic E-state index is 0.0337. The van der Waals surface area contributed by atoms with Crippen molar-refractivity contribution < 1.29 is 12.6 Å². The molecule has 1 rings (SSSR count). The van der Waals surface area contributed by atoms with Crippen LogP contribution < -0.4 is 0 Å². The van der Waals surface area contributed by atoms with E-state index in [1.165, 1.54) is 18.3 Å². The van der Waals surface area contributed by atoms with Crippen molar-refractivity contribution in [3.8, 4) is 0 Å². The number of pyridine rings is 1. The minimum atomic E-state index is -3.70. The third-order valence-electron chi connectivity index (χ3n) is 2.15. The molecule has 0 fully saturated rings. The Labute approximate surface area is 107 Å². The van der Waals surface area contributed by atoms with Crippen molar-refractivity contribution in [2.24, 2.45) is 5.92 Å². The summed E-state index contributed by atoms with van der Waals surface area (Å²) in [5, 5.41) is 0.253. The molecule has 1 aromatic rings. The van der Waals surface area contributed by atoms with Crippen LogP contribution in [0.1, 0.15) is 26.7 Å². The topological polar surface area (TPSA) is 56.3 Å². The van der Waals surface area contributed by atoms with Crippen molar-refractivity contribution >= 4 is 21.7 Å². The summed E-state index contributed by atoms with van der Waals surface area (Å²) in [6.07, 6.45) is 2.85. The molecular formula is C11H16ClNO3S. The first-order chi connectivity index (χ1) is 7.92. The summed E-state index contributed by atoms with van der Waals surface area (Å²) in [6.45, 7) is 4.36. The number of hydrogen-bond donors (Lipinski definition) is 0. The molecule has 0 saturated heterocycles. The van der Waals surface area contributed by atoms with E-state index in [4.69, 9.17) is 15.8 Å². The highest BCUT2D eigenvalue weighted by Crippen LogP contribution is 2.14. The lowest BCUT2D eigenvalue weighted by Crippen LogP contribution is -2.08. The van der Waals surface area contributed by atoms with E-state index in [0.29, 0.717) is 5.92 Å². The molecule has 0 unspecified atom stereocenters. The Kier molecular flexibility index (Phi) is 5.36. The van der Waals surface area contributed by atoms with Crippen LogP contribution in [0.15, 0.2) is 23.2 Å². The second kappa shape index (κ2) is 6.33. The molecule has 96 valence electrons. The quantitative estimate of drug-likeness (QED) is 0.456. The molecule has 17 heavy (non-hydrogen) atoms. The van der Waals surface area contributed by atoms with Gasteiger partial charge in [-0.1, -0.05) is 25.4 Å². The third-order valence-corrected chi connectivity index (χ3v) is 3.67. The van der Waals surface area contributed by atoms with Gasteiger partial charge in [-0.25, -0.2) is 4.98 Å². The van der Waals surface area contributed by atoms with Crippen molar-refractivity contribution in [3.05, 3.63) is 23.5 Å². The Balaban J connectivity index is 2.54. The summed E-state index contributed by atoms with van der Waals surface area (Å²) in [7, 11) is -3.70. The number of rotatable bonds is 6. The highest BCUT2D eigenvalue weighted by Gasteiger charge is 2.15. The molecule has 0 bridgehead atoms. The van der Waals surface area contributed by atoms with E-state index in [1.807, 2.05) is 0 Å². The molecule has 0 aliphatic rings. The molecule has 4 nitrogen and oxygen atoms in total. The normalized spacial score (nSPS) is 12.0. The van der Waals surface area contributed by atoms with Crippen LogP contribution in [0.25, 0.3) is 0 Å². The van der Waals surface area contributed by atoms with Crippen LogP contribution in [0.2, 0.25) is 5.15 Å². The smallest absolute Gasteiger partial charge is 0.266 e. The van der Waals surface area contributed by atoms with Crippen molar-refractivity contribution in [3.63, 3.8) is 0 Å². The van der Waals surface area contributed by atoms with E-state index in [1.54, 1.807) is 0 Å². The summed E-state index contributed by atoms with van der Waals surface area (Å²) >= 11 is 5.58. The Hall–Kier alpha value is -0.650. The van der Waals surface area contributed by atoms with Gasteiger partial charge in [0.1, 0.15) is 10.0 Å². The lowest BCUT2D eigenvalue weighted by molar-refractivity contribution is 0.300. The molecule has 0 amide bonds. The van der Waals surface area contributed by atoms with Crippen molar-refractivity contribution in [1.29, 1.82) is 0 Å². The molecule has 0 aliphatic heterocycles. The predicted molar refractivity (Wildman–Crippen MR) is 66.5 cm³/mol. The van der Waals surface area contributed by atoms with Gasteiger partial charge in [0.2, 0.25) is 0 Å². The van der Waals surface area contributed by atoms with Gasteiger partial charge in [-0.3, -0.25) is 4.18 Å². The fraction of sp³-hybridized carbons (Fsp3) is 0.545. The maximum absolute atomic E-state index is 11.7. The lowest BCUT2D eigenvalue weighted by Gasteiger charge is -2.06. The van der Waals surface area contributed by atoms with Gasteiger partial charge in [-0.15, -0.1) is 0 Å². The third kappa shape index (κ3) is 5.02. The zero-order valence-electron chi connectivity index (χ0n) is 9.89. The summed E-state index contributed by atoms with van der Waals surface area (Å²) in [5.74, 6) is 0.540. The average molecular weight is 278 g/mol. The zero-order chi connectivity index (χ0) is 12.9. The van der Waals surface area contributed by atoms with Crippen LogP contribution in [0.5, 0.6) is 0 Å². The van der Waals surface area contributed by atoms with E-state index in [-0.39, 0.29) is 16.7 Å². The molecule has 0 radical (unpaired) electrons. The number of aromatic nitrogens is 1. The molecule has 0 aliphatic carbocycles. The monoisotopic (exact) mass is 277 g/mol. The first kappa shape index (κ1) is 14.4. The fourth-order valence-corrected chi connectivity index (χ4v) is 2.24. The fourth-order valence-electron chi connectivity index (χ4n) is 1.24. The van der Waals surface area contributed by atoms with Gasteiger partial charge < -0.3 is 0 Å². The van der Waals surface area contributed by atoms with Crippen molar-refractivity contribution in [2.45, 2.75) is 31.6 Å². The van der Waals surface area contributed by atoms with Gasteiger partial charge in [0.15, 0.2) is 0 Å². The second-order valence-corrected chi connectivity index (χ2v) is 6.13. The van der Waals surface area contributed by atoms with Gasteiger partial charge in [0.05, 0.1) is 6.61 Å². The van der Waals surface area contributed by atoms with E-state index in [9.17, 15) is 8.42 Å². The van der Waals surface area contributed by atoms with Crippen LogP contribution in [-0.4, -0.2) is 20.0 Å². The van der Waals surface area contributed by atoms with Crippen molar-refractivity contribution in [1.82, 2.24) is 4.98 Å². The van der Waals surface area contributed by atoms with Gasteiger partial charge in [-0.2, -0.15) is 8.42 Å². The highest BCUT2D eigenvalue weighted by atomic mass is 35.5. The Morgan fingerprint density at radius 3 is 2.65 bits per heavy atom. The van der Waals surface area contributed by atoms with E-state index in [2.05, 4.69) is 18.8 Å². The average Bonchev–Trinajstić information content (AvgIpc) is 2.25. The molecule has 1 aromatic heterocycles. The molecule has 6 heteroatoms. The first-order valence-corrected chi connectivity index (χ1v) is 7.21. The summed E-state index contributed by atoms with van der Waals surface area (Å²) < 4.78 is 28.3. The number of nitrogens with zero attached hydrogens (tertiary/aromatic N) is 1. The van der Waals surface area contributed by atoms with Crippen LogP contribution >= 0.6 is 11.6 Å². The molecule has 1 heterocycles. The maximum Gasteiger partial charge on any atom is 0.298 e. The highest BCUT2D eigenvalue weighted by molar-refractivity contribution is 7.86. The SMILES string of the molecule is CC(C)CCCOS(=O)(=O)c1ccc(Cl)nc1. The lowest BCUT2D eigenvalue weighted by atomic mass is 10.1. The molecular weight excluding hydrogens is 262 g/mol. The zero-order valence-corrected chi connectivity index (χ0v) is 11.5. The molecule has 0 atom stereocenters. The minimum Gasteiger partial charge on any atom is -0.266 e. The van der Waals surface area contributed by atoms with Crippen LogP contribution in [0.3, 0.4) is 0 Å². The maximum atomic E-state index is 11.7. The molecule has 0 N–H and O–H groups in total. The molecule has 0 spiro atoms. The first-order valence-electron chi connectivity index (χ1n) is 5.43. The van der Waals surface area contributed by atoms with E-state index in [0.717, 1.165) is 12.8 Å². The van der Waals surface area contributed by atoms with Gasteiger partial charge >= 0.3 is 0 Å². The summed E-state index contributed by atoms with van der Waals surface area (Å²) in [6, 6.07) is 2.80. The Bertz CT molecular complexity index is 442. The molecule has 0 aromatic carbocycles. The predicted octanol–water partition coefficient (Wildman–Crippen LogP) is 2.88. The summed E-state index contributed by atoms with van der Waals surface area (Å²) in [4.78, 5) is 3.74. The molecule has 0 saturated carbocycles. The van der Waals surface area contributed by atoms with Gasteiger partial charge in [0, 0.05) is 6.20 Å². The Morgan fingerprint density at radius 2 is 2.12 bits per heavy atom. The van der Waals surface area contributed by atoms with Crippen LogP contribution in [-0.2, 0) is 14.3 Å². The summed E-state index contributed by atoms with van der Waals surface area (Å²) in [5.41, 5.74) is 0. The van der Waals surface area contributed by atoms with Gasteiger partial charge in [0.25, 0.3) is 10.1 Å². The van der Waals surface area contributed by atoms with Crippen LogP contribution in [0.4, 0.5) is 0 Å². The Morgan fingerprint density at radius 1 is 1.41 bits per heavy atom. The number of halogens is 1. The largest absolute Gasteiger partial charge is 0.298 e. The van der Waals surface area contributed by atoms with Gasteiger partial charge in [-0.05, 0) is 30.9 Å².